The average Bonchev–Trinajstić information content (AvgIpc) is 2.95. The molecule has 0 aromatic carbocycles. The zero-order chi connectivity index (χ0) is 15.5. The van der Waals surface area contributed by atoms with E-state index in [0.717, 1.165) is 38.4 Å². The minimum Gasteiger partial charge on any atom is -0.322 e. The van der Waals surface area contributed by atoms with E-state index in [-0.39, 0.29) is 5.56 Å². The second-order valence-corrected chi connectivity index (χ2v) is 5.49. The smallest absolute Gasteiger partial charge is 0.322 e. The van der Waals surface area contributed by atoms with Crippen LogP contribution in [0.1, 0.15) is 11.5 Å². The van der Waals surface area contributed by atoms with Gasteiger partial charge in [-0.05, 0) is 19.9 Å². The molecule has 0 bridgehead atoms. The van der Waals surface area contributed by atoms with Crippen LogP contribution in [0.25, 0.3) is 0 Å². The molecule has 118 valence electrons. The van der Waals surface area contributed by atoms with Gasteiger partial charge >= 0.3 is 6.01 Å². The number of hydrogen-bond donors (Lipinski definition) is 0. The Labute approximate surface area is 128 Å². The molecule has 0 amide bonds. The first-order valence-corrected chi connectivity index (χ1v) is 7.44. The van der Waals surface area contributed by atoms with Crippen LogP contribution in [0.4, 0.5) is 6.01 Å². The van der Waals surface area contributed by atoms with Gasteiger partial charge in [-0.15, -0.1) is 0 Å². The third kappa shape index (κ3) is 3.33. The van der Waals surface area contributed by atoms with Crippen LogP contribution in [0.15, 0.2) is 21.5 Å². The van der Waals surface area contributed by atoms with Crippen molar-refractivity contribution < 1.29 is 4.52 Å². The van der Waals surface area contributed by atoms with Gasteiger partial charge in [0.1, 0.15) is 0 Å². The van der Waals surface area contributed by atoms with Crippen LogP contribution < -0.4 is 10.5 Å². The molecule has 0 atom stereocenters. The van der Waals surface area contributed by atoms with Crippen LogP contribution in [0.3, 0.4) is 0 Å². The third-order valence-electron chi connectivity index (χ3n) is 3.79. The molecule has 1 saturated heterocycles. The lowest BCUT2D eigenvalue weighted by Gasteiger charge is -2.33. The topological polar surface area (TPSA) is 80.3 Å². The summed E-state index contributed by atoms with van der Waals surface area (Å²) >= 11 is 0. The fourth-order valence-corrected chi connectivity index (χ4v) is 2.52. The van der Waals surface area contributed by atoms with Crippen LogP contribution in [0.2, 0.25) is 0 Å². The van der Waals surface area contributed by atoms with E-state index in [1.54, 1.807) is 12.1 Å². The Hall–Kier alpha value is -2.22. The highest BCUT2D eigenvalue weighted by Crippen LogP contribution is 2.13. The van der Waals surface area contributed by atoms with Gasteiger partial charge < -0.3 is 9.42 Å². The first kappa shape index (κ1) is 14.7. The van der Waals surface area contributed by atoms with E-state index < -0.39 is 0 Å². The molecule has 8 nitrogen and oxygen atoms in total. The van der Waals surface area contributed by atoms with Gasteiger partial charge in [-0.25, -0.2) is 4.68 Å². The second-order valence-electron chi connectivity index (χ2n) is 5.49. The molecule has 3 rings (SSSR count). The van der Waals surface area contributed by atoms with Crippen molar-refractivity contribution >= 4 is 6.01 Å². The highest BCUT2D eigenvalue weighted by molar-refractivity contribution is 5.25. The molecule has 3 heterocycles. The van der Waals surface area contributed by atoms with Gasteiger partial charge in [0.05, 0.1) is 12.2 Å². The number of hydrogen-bond acceptors (Lipinski definition) is 7. The number of rotatable bonds is 4. The molecule has 0 unspecified atom stereocenters. The van der Waals surface area contributed by atoms with Crippen LogP contribution >= 0.6 is 0 Å². The molecule has 22 heavy (non-hydrogen) atoms. The standard InChI is InChI=1S/C14H20N6O2/c1-11-3-4-13(21)20(16-11)10-7-18-5-8-19(9-6-18)14-15-12(2)17-22-14/h3-4H,5-10H2,1-2H3. The summed E-state index contributed by atoms with van der Waals surface area (Å²) in [5, 5.41) is 8.07. The second kappa shape index (κ2) is 6.27. The molecule has 8 heteroatoms. The monoisotopic (exact) mass is 304 g/mol. The van der Waals surface area contributed by atoms with Gasteiger partial charge in [-0.1, -0.05) is 5.16 Å². The lowest BCUT2D eigenvalue weighted by molar-refractivity contribution is 0.236. The summed E-state index contributed by atoms with van der Waals surface area (Å²) in [6.07, 6.45) is 0. The lowest BCUT2D eigenvalue weighted by atomic mass is 10.3. The molecule has 2 aromatic heterocycles. The van der Waals surface area contributed by atoms with E-state index in [2.05, 4.69) is 25.0 Å². The molecule has 1 aliphatic rings. The molecule has 0 radical (unpaired) electrons. The van der Waals surface area contributed by atoms with Crippen LogP contribution in [0.5, 0.6) is 0 Å². The predicted molar refractivity (Wildman–Crippen MR) is 80.9 cm³/mol. The Balaban J connectivity index is 1.52. The van der Waals surface area contributed by atoms with Crippen LogP contribution in [-0.2, 0) is 6.54 Å². The number of piperazine rings is 1. The molecule has 1 fully saturated rings. The van der Waals surface area contributed by atoms with Crippen molar-refractivity contribution in [2.24, 2.45) is 0 Å². The summed E-state index contributed by atoms with van der Waals surface area (Å²) in [5.74, 6) is 0.655. The van der Waals surface area contributed by atoms with E-state index in [1.165, 1.54) is 4.68 Å². The predicted octanol–water partition coefficient (Wildman–Crippen LogP) is 0.0653. The Kier molecular flexibility index (Phi) is 4.19. The molecular weight excluding hydrogens is 284 g/mol. The van der Waals surface area contributed by atoms with Crippen molar-refractivity contribution in [1.82, 2.24) is 24.8 Å². The fourth-order valence-electron chi connectivity index (χ4n) is 2.52. The number of aryl methyl sites for hydroxylation is 2. The molecule has 0 spiro atoms. The Morgan fingerprint density at radius 1 is 1.14 bits per heavy atom. The van der Waals surface area contributed by atoms with Crippen molar-refractivity contribution in [2.45, 2.75) is 20.4 Å². The maximum Gasteiger partial charge on any atom is 0.324 e. The minimum absolute atomic E-state index is 0.0504. The molecule has 2 aromatic rings. The van der Waals surface area contributed by atoms with Crippen molar-refractivity contribution in [3.63, 3.8) is 0 Å². The van der Waals surface area contributed by atoms with Gasteiger partial charge in [-0.2, -0.15) is 10.1 Å². The number of anilines is 1. The van der Waals surface area contributed by atoms with Gasteiger partial charge in [0, 0.05) is 38.8 Å². The van der Waals surface area contributed by atoms with E-state index in [4.69, 9.17) is 4.52 Å². The van der Waals surface area contributed by atoms with Crippen molar-refractivity contribution in [1.29, 1.82) is 0 Å². The van der Waals surface area contributed by atoms with E-state index >= 15 is 0 Å². The van der Waals surface area contributed by atoms with Gasteiger partial charge in [0.2, 0.25) is 0 Å². The molecular formula is C14H20N6O2. The first-order valence-electron chi connectivity index (χ1n) is 7.44. The maximum absolute atomic E-state index is 11.7. The van der Waals surface area contributed by atoms with Gasteiger partial charge in [0.15, 0.2) is 5.82 Å². The summed E-state index contributed by atoms with van der Waals surface area (Å²) in [6.45, 7) is 8.63. The van der Waals surface area contributed by atoms with E-state index in [1.807, 2.05) is 13.8 Å². The summed E-state index contributed by atoms with van der Waals surface area (Å²) in [5.41, 5.74) is 0.807. The third-order valence-corrected chi connectivity index (χ3v) is 3.79. The van der Waals surface area contributed by atoms with E-state index in [0.29, 0.717) is 18.4 Å². The minimum atomic E-state index is -0.0504. The quantitative estimate of drug-likeness (QED) is 0.790. The van der Waals surface area contributed by atoms with Crippen LogP contribution in [0, 0.1) is 13.8 Å². The van der Waals surface area contributed by atoms with E-state index in [9.17, 15) is 4.79 Å². The van der Waals surface area contributed by atoms with Crippen molar-refractivity contribution in [2.75, 3.05) is 37.6 Å². The fraction of sp³-hybridized carbons (Fsp3) is 0.571. The van der Waals surface area contributed by atoms with Gasteiger partial charge in [0.25, 0.3) is 5.56 Å². The normalized spacial score (nSPS) is 16.2. The molecule has 0 aliphatic carbocycles. The largest absolute Gasteiger partial charge is 0.324 e. The lowest BCUT2D eigenvalue weighted by Crippen LogP contribution is -2.47. The number of aromatic nitrogens is 4. The molecule has 1 aliphatic heterocycles. The SMILES string of the molecule is Cc1ccc(=O)n(CCN2CCN(c3nc(C)no3)CC2)n1. The Bertz CT molecular complexity index is 687. The zero-order valence-corrected chi connectivity index (χ0v) is 12.9. The zero-order valence-electron chi connectivity index (χ0n) is 12.9. The summed E-state index contributed by atoms with van der Waals surface area (Å²) < 4.78 is 6.72. The molecule has 0 saturated carbocycles. The highest BCUT2D eigenvalue weighted by atomic mass is 16.5. The molecule has 0 N–H and O–H groups in total. The average molecular weight is 304 g/mol. The van der Waals surface area contributed by atoms with Gasteiger partial charge in [-0.3, -0.25) is 9.69 Å². The van der Waals surface area contributed by atoms with Crippen molar-refractivity contribution in [3.8, 4) is 0 Å². The Morgan fingerprint density at radius 2 is 1.91 bits per heavy atom. The first-order chi connectivity index (χ1) is 10.6. The Morgan fingerprint density at radius 3 is 2.59 bits per heavy atom. The number of nitrogens with zero attached hydrogens (tertiary/aromatic N) is 6. The van der Waals surface area contributed by atoms with Crippen LogP contribution in [-0.4, -0.2) is 57.5 Å². The highest BCUT2D eigenvalue weighted by Gasteiger charge is 2.20. The summed E-state index contributed by atoms with van der Waals surface area (Å²) in [4.78, 5) is 20.4. The maximum atomic E-state index is 11.7. The van der Waals surface area contributed by atoms with Crippen molar-refractivity contribution in [3.05, 3.63) is 34.0 Å². The summed E-state index contributed by atoms with van der Waals surface area (Å²) in [6, 6.07) is 3.90. The summed E-state index contributed by atoms with van der Waals surface area (Å²) in [7, 11) is 0.